The van der Waals surface area contributed by atoms with E-state index in [9.17, 15) is 4.79 Å². The van der Waals surface area contributed by atoms with E-state index in [1.807, 2.05) is 17.5 Å². The molecule has 4 rings (SSSR count). The molecular formula is C13H14N8OS. The Morgan fingerprint density at radius 1 is 1.43 bits per heavy atom. The summed E-state index contributed by atoms with van der Waals surface area (Å²) in [6.45, 7) is 1.48. The molecule has 118 valence electrons. The molecule has 0 radical (unpaired) electrons. The monoisotopic (exact) mass is 330 g/mol. The maximum absolute atomic E-state index is 12.2. The molecule has 0 bridgehead atoms. The summed E-state index contributed by atoms with van der Waals surface area (Å²) in [5.41, 5.74) is 0.714. The molecule has 1 aliphatic heterocycles. The van der Waals surface area contributed by atoms with Crippen molar-refractivity contribution >= 4 is 34.0 Å². The fourth-order valence-corrected chi connectivity index (χ4v) is 2.92. The molecule has 0 spiro atoms. The number of carbonyl (C=O) groups excluding carboxylic acids is 1. The highest BCUT2D eigenvalue weighted by atomic mass is 32.1. The lowest BCUT2D eigenvalue weighted by molar-refractivity contribution is 0.191. The summed E-state index contributed by atoms with van der Waals surface area (Å²) in [5.74, 6) is 0.849. The van der Waals surface area contributed by atoms with E-state index in [0.717, 1.165) is 18.9 Å². The van der Waals surface area contributed by atoms with Gasteiger partial charge in [0.2, 0.25) is 0 Å². The van der Waals surface area contributed by atoms with Gasteiger partial charge >= 0.3 is 6.03 Å². The first-order valence-corrected chi connectivity index (χ1v) is 7.94. The highest BCUT2D eigenvalue weighted by molar-refractivity contribution is 7.13. The summed E-state index contributed by atoms with van der Waals surface area (Å²) < 4.78 is 1.64. The van der Waals surface area contributed by atoms with E-state index < -0.39 is 0 Å². The number of anilines is 2. The normalized spacial score (nSPS) is 14.7. The van der Waals surface area contributed by atoms with Gasteiger partial charge in [0.1, 0.15) is 12.1 Å². The summed E-state index contributed by atoms with van der Waals surface area (Å²) in [6.07, 6.45) is 3.24. The van der Waals surface area contributed by atoms with Gasteiger partial charge in [0.05, 0.1) is 6.04 Å². The Hall–Kier alpha value is -2.75. The smallest absolute Gasteiger partial charge is 0.323 e. The highest BCUT2D eigenvalue weighted by Crippen LogP contribution is 2.22. The largest absolute Gasteiger partial charge is 0.351 e. The minimum atomic E-state index is -0.146. The zero-order valence-electron chi connectivity index (χ0n) is 12.3. The van der Waals surface area contributed by atoms with Gasteiger partial charge in [0.25, 0.3) is 0 Å². The Kier molecular flexibility index (Phi) is 3.30. The summed E-state index contributed by atoms with van der Waals surface area (Å²) in [4.78, 5) is 20.0. The highest BCUT2D eigenvalue weighted by Gasteiger charge is 2.33. The van der Waals surface area contributed by atoms with Crippen LogP contribution >= 0.6 is 11.3 Å². The Bertz CT molecular complexity index is 825. The van der Waals surface area contributed by atoms with Crippen molar-refractivity contribution in [2.45, 2.75) is 6.04 Å². The van der Waals surface area contributed by atoms with Gasteiger partial charge in [0, 0.05) is 31.7 Å². The number of hydrogen-bond donors (Lipinski definition) is 1. The topological polar surface area (TPSA) is 91.5 Å². The standard InChI is InChI=1S/C13H14N8OS/c1-19(13(22)16-12-14-4-5-23-12)9-6-20(7-9)11-3-2-10-17-15-8-21(10)18-11/h2-5,8-9H,6-7H2,1H3,(H,14,16,22). The number of likely N-dealkylation sites (N-methyl/N-ethyl adjacent to an activating group) is 1. The van der Waals surface area contributed by atoms with Gasteiger partial charge in [-0.05, 0) is 12.1 Å². The molecule has 1 saturated heterocycles. The lowest BCUT2D eigenvalue weighted by Crippen LogP contribution is -2.60. The zero-order valence-corrected chi connectivity index (χ0v) is 13.1. The molecule has 9 nitrogen and oxygen atoms in total. The van der Waals surface area contributed by atoms with Gasteiger partial charge in [0.15, 0.2) is 10.8 Å². The van der Waals surface area contributed by atoms with E-state index >= 15 is 0 Å². The van der Waals surface area contributed by atoms with Crippen LogP contribution in [0.1, 0.15) is 0 Å². The fraction of sp³-hybridized carbons (Fsp3) is 0.308. The third-order valence-electron chi connectivity index (χ3n) is 3.85. The third kappa shape index (κ3) is 2.57. The number of nitrogens with zero attached hydrogens (tertiary/aromatic N) is 7. The van der Waals surface area contributed by atoms with E-state index in [1.165, 1.54) is 11.3 Å². The molecule has 2 amide bonds. The van der Waals surface area contributed by atoms with Gasteiger partial charge in [-0.15, -0.1) is 26.6 Å². The SMILES string of the molecule is CN(C(=O)Nc1nccs1)C1CN(c2ccc3nncn3n2)C1. The first-order valence-electron chi connectivity index (χ1n) is 7.06. The molecule has 0 unspecified atom stereocenters. The maximum Gasteiger partial charge on any atom is 0.323 e. The van der Waals surface area contributed by atoms with Crippen LogP contribution in [0.5, 0.6) is 0 Å². The molecule has 23 heavy (non-hydrogen) atoms. The molecule has 1 fully saturated rings. The molecule has 3 aromatic heterocycles. The number of carbonyl (C=O) groups is 1. The lowest BCUT2D eigenvalue weighted by Gasteiger charge is -2.44. The summed E-state index contributed by atoms with van der Waals surface area (Å²) in [7, 11) is 1.79. The maximum atomic E-state index is 12.2. The fourth-order valence-electron chi connectivity index (χ4n) is 2.41. The minimum absolute atomic E-state index is 0.146. The molecule has 0 aromatic carbocycles. The summed E-state index contributed by atoms with van der Waals surface area (Å²) in [6, 6.07) is 3.79. The number of aromatic nitrogens is 5. The van der Waals surface area contributed by atoms with Crippen molar-refractivity contribution in [3.63, 3.8) is 0 Å². The second-order valence-electron chi connectivity index (χ2n) is 5.26. The number of amides is 2. The first-order chi connectivity index (χ1) is 11.2. The predicted molar refractivity (Wildman–Crippen MR) is 85.7 cm³/mol. The van der Waals surface area contributed by atoms with Crippen molar-refractivity contribution in [1.29, 1.82) is 0 Å². The quantitative estimate of drug-likeness (QED) is 0.768. The lowest BCUT2D eigenvalue weighted by atomic mass is 10.1. The van der Waals surface area contributed by atoms with Gasteiger partial charge in [-0.2, -0.15) is 4.52 Å². The number of hydrogen-bond acceptors (Lipinski definition) is 7. The minimum Gasteiger partial charge on any atom is -0.351 e. The van der Waals surface area contributed by atoms with Crippen LogP contribution in [0.2, 0.25) is 0 Å². The van der Waals surface area contributed by atoms with Crippen LogP contribution in [-0.4, -0.2) is 61.9 Å². The molecule has 0 aliphatic carbocycles. The molecule has 0 saturated carbocycles. The Morgan fingerprint density at radius 2 is 2.30 bits per heavy atom. The van der Waals surface area contributed by atoms with Crippen LogP contribution in [-0.2, 0) is 0 Å². The van der Waals surface area contributed by atoms with Crippen LogP contribution in [0.4, 0.5) is 15.7 Å². The average molecular weight is 330 g/mol. The number of rotatable bonds is 3. The van der Waals surface area contributed by atoms with Crippen LogP contribution in [0.25, 0.3) is 5.65 Å². The Morgan fingerprint density at radius 3 is 3.09 bits per heavy atom. The summed E-state index contributed by atoms with van der Waals surface area (Å²) >= 11 is 1.40. The molecule has 1 N–H and O–H groups in total. The van der Waals surface area contributed by atoms with E-state index in [1.54, 1.807) is 29.0 Å². The van der Waals surface area contributed by atoms with Crippen molar-refractivity contribution in [3.8, 4) is 0 Å². The van der Waals surface area contributed by atoms with Gasteiger partial charge in [-0.3, -0.25) is 5.32 Å². The van der Waals surface area contributed by atoms with Crippen molar-refractivity contribution in [2.24, 2.45) is 0 Å². The van der Waals surface area contributed by atoms with Crippen LogP contribution in [0, 0.1) is 0 Å². The third-order valence-corrected chi connectivity index (χ3v) is 4.54. The number of nitrogens with one attached hydrogen (secondary N) is 1. The second-order valence-corrected chi connectivity index (χ2v) is 6.16. The van der Waals surface area contributed by atoms with Crippen molar-refractivity contribution in [3.05, 3.63) is 30.0 Å². The molecule has 10 heteroatoms. The summed E-state index contributed by atoms with van der Waals surface area (Å²) in [5, 5.41) is 17.4. The first kappa shape index (κ1) is 13.9. The van der Waals surface area contributed by atoms with Crippen molar-refractivity contribution in [2.75, 3.05) is 30.4 Å². The van der Waals surface area contributed by atoms with E-state index in [2.05, 4.69) is 30.5 Å². The molecule has 1 aliphatic rings. The number of fused-ring (bicyclic) bond motifs is 1. The predicted octanol–water partition coefficient (Wildman–Crippen LogP) is 0.933. The van der Waals surface area contributed by atoms with E-state index in [-0.39, 0.29) is 12.1 Å². The van der Waals surface area contributed by atoms with Gasteiger partial charge < -0.3 is 9.80 Å². The van der Waals surface area contributed by atoms with Gasteiger partial charge in [-0.1, -0.05) is 0 Å². The molecule has 4 heterocycles. The Balaban J connectivity index is 1.37. The molecule has 0 atom stereocenters. The van der Waals surface area contributed by atoms with E-state index in [0.29, 0.717) is 10.8 Å². The Labute approximate surface area is 135 Å². The van der Waals surface area contributed by atoms with Gasteiger partial charge in [-0.25, -0.2) is 9.78 Å². The van der Waals surface area contributed by atoms with Crippen molar-refractivity contribution in [1.82, 2.24) is 29.7 Å². The van der Waals surface area contributed by atoms with E-state index in [4.69, 9.17) is 0 Å². The number of thiazole rings is 1. The van der Waals surface area contributed by atoms with Crippen molar-refractivity contribution < 1.29 is 4.79 Å². The zero-order chi connectivity index (χ0) is 15.8. The molecular weight excluding hydrogens is 316 g/mol. The van der Waals surface area contributed by atoms with Crippen LogP contribution in [0.3, 0.4) is 0 Å². The second kappa shape index (κ2) is 5.47. The average Bonchev–Trinajstić information content (AvgIpc) is 3.16. The van der Waals surface area contributed by atoms with Crippen LogP contribution in [0.15, 0.2) is 30.0 Å². The number of urea groups is 1. The molecule has 3 aromatic rings. The van der Waals surface area contributed by atoms with Crippen LogP contribution < -0.4 is 10.2 Å².